The SMILES string of the molecule is C=C1CCC2C=Cc3cccc4ccc1c2c34. The van der Waals surface area contributed by atoms with Crippen molar-refractivity contribution >= 4 is 22.4 Å². The van der Waals surface area contributed by atoms with E-state index in [1.165, 1.54) is 39.5 Å². The summed E-state index contributed by atoms with van der Waals surface area (Å²) < 4.78 is 0. The monoisotopic (exact) mass is 218 g/mol. The quantitative estimate of drug-likeness (QED) is 0.598. The largest absolute Gasteiger partial charge is 0.0952 e. The van der Waals surface area contributed by atoms with E-state index in [0.29, 0.717) is 5.92 Å². The predicted molar refractivity (Wildman–Crippen MR) is 74.0 cm³/mol. The van der Waals surface area contributed by atoms with E-state index in [0.717, 1.165) is 6.42 Å². The maximum absolute atomic E-state index is 4.23. The second-order valence-corrected chi connectivity index (χ2v) is 5.08. The molecule has 0 aromatic heterocycles. The van der Waals surface area contributed by atoms with Crippen molar-refractivity contribution < 1.29 is 0 Å². The minimum absolute atomic E-state index is 0.606. The summed E-state index contributed by atoms with van der Waals surface area (Å²) in [5, 5.41) is 2.82. The molecule has 1 unspecified atom stereocenters. The van der Waals surface area contributed by atoms with Crippen LogP contribution >= 0.6 is 0 Å². The number of allylic oxidation sites excluding steroid dienone is 2. The lowest BCUT2D eigenvalue weighted by Gasteiger charge is -2.29. The van der Waals surface area contributed by atoms with Gasteiger partial charge in [0.2, 0.25) is 0 Å². The van der Waals surface area contributed by atoms with Crippen LogP contribution in [0.3, 0.4) is 0 Å². The lowest BCUT2D eigenvalue weighted by atomic mass is 9.75. The summed E-state index contributed by atoms with van der Waals surface area (Å²) in [6.07, 6.45) is 7.01. The van der Waals surface area contributed by atoms with Gasteiger partial charge >= 0.3 is 0 Å². The van der Waals surface area contributed by atoms with Crippen molar-refractivity contribution in [3.63, 3.8) is 0 Å². The molecule has 2 aliphatic carbocycles. The van der Waals surface area contributed by atoms with Crippen LogP contribution in [0, 0.1) is 0 Å². The van der Waals surface area contributed by atoms with E-state index in [1.807, 2.05) is 0 Å². The molecule has 0 radical (unpaired) electrons. The molecule has 0 heteroatoms. The summed E-state index contributed by atoms with van der Waals surface area (Å²) in [7, 11) is 0. The van der Waals surface area contributed by atoms with Gasteiger partial charge in [0.25, 0.3) is 0 Å². The first-order valence-electron chi connectivity index (χ1n) is 6.26. The van der Waals surface area contributed by atoms with Crippen LogP contribution in [0.15, 0.2) is 43.0 Å². The van der Waals surface area contributed by atoms with Gasteiger partial charge in [0.1, 0.15) is 0 Å². The number of hydrogen-bond acceptors (Lipinski definition) is 0. The van der Waals surface area contributed by atoms with Crippen LogP contribution in [0.25, 0.3) is 22.4 Å². The highest BCUT2D eigenvalue weighted by Crippen LogP contribution is 2.45. The fourth-order valence-corrected chi connectivity index (χ4v) is 3.29. The second kappa shape index (κ2) is 3.10. The molecule has 0 saturated carbocycles. The third-order valence-electron chi connectivity index (χ3n) is 4.13. The van der Waals surface area contributed by atoms with Crippen LogP contribution in [0.5, 0.6) is 0 Å². The van der Waals surface area contributed by atoms with Crippen LogP contribution in [-0.2, 0) is 0 Å². The molecule has 2 aliphatic rings. The molecule has 0 bridgehead atoms. The zero-order chi connectivity index (χ0) is 11.4. The Morgan fingerprint density at radius 1 is 1.12 bits per heavy atom. The highest BCUT2D eigenvalue weighted by Gasteiger charge is 2.25. The fourth-order valence-electron chi connectivity index (χ4n) is 3.29. The van der Waals surface area contributed by atoms with E-state index in [9.17, 15) is 0 Å². The van der Waals surface area contributed by atoms with Crippen molar-refractivity contribution in [3.8, 4) is 0 Å². The molecule has 1 atom stereocenters. The summed E-state index contributed by atoms with van der Waals surface area (Å²) in [4.78, 5) is 0. The Balaban J connectivity index is 2.22. The van der Waals surface area contributed by atoms with Crippen LogP contribution in [0.2, 0.25) is 0 Å². The number of hydrogen-bond donors (Lipinski definition) is 0. The predicted octanol–water partition coefficient (Wildman–Crippen LogP) is 4.76. The average molecular weight is 218 g/mol. The third-order valence-corrected chi connectivity index (χ3v) is 4.13. The van der Waals surface area contributed by atoms with E-state index in [4.69, 9.17) is 0 Å². The third kappa shape index (κ3) is 1.13. The lowest BCUT2D eigenvalue weighted by Crippen LogP contribution is -2.10. The van der Waals surface area contributed by atoms with Crippen LogP contribution in [0.1, 0.15) is 35.4 Å². The van der Waals surface area contributed by atoms with Gasteiger partial charge in [0.15, 0.2) is 0 Å². The van der Waals surface area contributed by atoms with Crippen molar-refractivity contribution in [1.82, 2.24) is 0 Å². The molecule has 0 heterocycles. The summed E-state index contributed by atoms with van der Waals surface area (Å²) >= 11 is 0. The minimum atomic E-state index is 0.606. The Bertz CT molecular complexity index is 674. The van der Waals surface area contributed by atoms with Gasteiger partial charge in [-0.05, 0) is 45.9 Å². The summed E-state index contributed by atoms with van der Waals surface area (Å²) in [6, 6.07) is 11.1. The van der Waals surface area contributed by atoms with E-state index in [2.05, 4.69) is 49.1 Å². The first-order valence-corrected chi connectivity index (χ1v) is 6.26. The smallest absolute Gasteiger partial charge is 0.00368 e. The van der Waals surface area contributed by atoms with Gasteiger partial charge < -0.3 is 0 Å². The topological polar surface area (TPSA) is 0 Å². The molecular weight excluding hydrogens is 204 g/mol. The zero-order valence-electron chi connectivity index (χ0n) is 9.74. The van der Waals surface area contributed by atoms with Crippen molar-refractivity contribution in [2.45, 2.75) is 18.8 Å². The van der Waals surface area contributed by atoms with Crippen molar-refractivity contribution in [2.24, 2.45) is 0 Å². The average Bonchev–Trinajstić information content (AvgIpc) is 2.38. The molecule has 17 heavy (non-hydrogen) atoms. The van der Waals surface area contributed by atoms with Gasteiger partial charge in [-0.1, -0.05) is 49.1 Å². The van der Waals surface area contributed by atoms with Gasteiger partial charge in [-0.25, -0.2) is 0 Å². The minimum Gasteiger partial charge on any atom is -0.0952 e. The molecule has 0 aliphatic heterocycles. The highest BCUT2D eigenvalue weighted by atomic mass is 14.3. The van der Waals surface area contributed by atoms with E-state index in [1.54, 1.807) is 0 Å². The van der Waals surface area contributed by atoms with Crippen molar-refractivity contribution in [1.29, 1.82) is 0 Å². The Kier molecular flexibility index (Phi) is 1.69. The molecule has 0 spiro atoms. The van der Waals surface area contributed by atoms with Gasteiger partial charge in [-0.15, -0.1) is 0 Å². The number of benzene rings is 2. The molecule has 82 valence electrons. The normalized spacial score (nSPS) is 20.9. The van der Waals surface area contributed by atoms with Crippen molar-refractivity contribution in [2.75, 3.05) is 0 Å². The van der Waals surface area contributed by atoms with Gasteiger partial charge in [-0.3, -0.25) is 0 Å². The van der Waals surface area contributed by atoms with Crippen LogP contribution in [0.4, 0.5) is 0 Å². The fraction of sp³-hybridized carbons (Fsp3) is 0.176. The lowest BCUT2D eigenvalue weighted by molar-refractivity contribution is 0.739. The summed E-state index contributed by atoms with van der Waals surface area (Å²) in [5.41, 5.74) is 5.59. The number of rotatable bonds is 0. The maximum atomic E-state index is 4.23. The molecule has 4 rings (SSSR count). The molecule has 0 nitrogen and oxygen atoms in total. The Labute approximate surface area is 101 Å². The maximum Gasteiger partial charge on any atom is 0.00368 e. The summed E-state index contributed by atoms with van der Waals surface area (Å²) in [6.45, 7) is 4.23. The zero-order valence-corrected chi connectivity index (χ0v) is 9.74. The molecule has 2 aromatic carbocycles. The Hall–Kier alpha value is -1.82. The Morgan fingerprint density at radius 2 is 2.06 bits per heavy atom. The van der Waals surface area contributed by atoms with Crippen LogP contribution < -0.4 is 0 Å². The van der Waals surface area contributed by atoms with Crippen LogP contribution in [-0.4, -0.2) is 0 Å². The second-order valence-electron chi connectivity index (χ2n) is 5.08. The highest BCUT2D eigenvalue weighted by molar-refractivity contribution is 5.99. The molecule has 2 aromatic rings. The first-order chi connectivity index (χ1) is 8.34. The molecule has 0 amide bonds. The van der Waals surface area contributed by atoms with E-state index in [-0.39, 0.29) is 0 Å². The van der Waals surface area contributed by atoms with Crippen molar-refractivity contribution in [3.05, 3.63) is 59.7 Å². The Morgan fingerprint density at radius 3 is 3.00 bits per heavy atom. The summed E-state index contributed by atoms with van der Waals surface area (Å²) in [5.74, 6) is 0.606. The first kappa shape index (κ1) is 9.23. The molecule has 0 N–H and O–H groups in total. The molecule has 0 saturated heterocycles. The standard InChI is InChI=1S/C17H14/c1-11-5-6-14-8-7-12-3-2-4-13-9-10-15(11)17(14)16(12)13/h2-4,7-10,14H,1,5-6H2. The van der Waals surface area contributed by atoms with Gasteiger partial charge in [-0.2, -0.15) is 0 Å². The molecule has 0 fully saturated rings. The van der Waals surface area contributed by atoms with Gasteiger partial charge in [0.05, 0.1) is 0 Å². The van der Waals surface area contributed by atoms with Gasteiger partial charge in [0, 0.05) is 5.92 Å². The van der Waals surface area contributed by atoms with E-state index >= 15 is 0 Å². The molecular formula is C17H14. The van der Waals surface area contributed by atoms with E-state index < -0.39 is 0 Å².